The van der Waals surface area contributed by atoms with Gasteiger partial charge in [-0.3, -0.25) is 14.0 Å². The van der Waals surface area contributed by atoms with Crippen LogP contribution in [0.2, 0.25) is 0 Å². The van der Waals surface area contributed by atoms with Crippen LogP contribution in [0.5, 0.6) is 0 Å². The van der Waals surface area contributed by atoms with E-state index in [1.807, 2.05) is 24.3 Å². The van der Waals surface area contributed by atoms with Gasteiger partial charge in [-0.1, -0.05) is 12.1 Å². The van der Waals surface area contributed by atoms with Crippen LogP contribution in [-0.4, -0.2) is 28.2 Å². The number of carbonyl (C=O) groups excluding carboxylic acids is 2. The van der Waals surface area contributed by atoms with Crippen molar-refractivity contribution >= 4 is 51.1 Å². The lowest BCUT2D eigenvalue weighted by Gasteiger charge is -2.00. The fourth-order valence-corrected chi connectivity index (χ4v) is 3.82. The van der Waals surface area contributed by atoms with Crippen molar-refractivity contribution in [2.75, 3.05) is 6.61 Å². The van der Waals surface area contributed by atoms with E-state index < -0.39 is 0 Å². The van der Waals surface area contributed by atoms with Crippen LogP contribution in [0.3, 0.4) is 0 Å². The monoisotopic (exact) mass is 440 g/mol. The Morgan fingerprint density at radius 1 is 1.48 bits per heavy atom. The molecule has 1 aromatic carbocycles. The zero-order valence-corrected chi connectivity index (χ0v) is 15.3. The number of nitrogens with zero attached hydrogens (tertiary/aromatic N) is 2. The van der Waals surface area contributed by atoms with Gasteiger partial charge in [-0.25, -0.2) is 4.98 Å². The highest BCUT2D eigenvalue weighted by molar-refractivity contribution is 14.1. The van der Waals surface area contributed by atoms with Crippen LogP contribution in [0.1, 0.15) is 22.3 Å². The van der Waals surface area contributed by atoms with Gasteiger partial charge in [0.25, 0.3) is 0 Å². The summed E-state index contributed by atoms with van der Waals surface area (Å²) in [6.45, 7) is 2.13. The number of aromatic nitrogens is 2. The molecule has 0 saturated carbocycles. The Morgan fingerprint density at radius 3 is 3.00 bits per heavy atom. The van der Waals surface area contributed by atoms with E-state index in [4.69, 9.17) is 4.74 Å². The van der Waals surface area contributed by atoms with Gasteiger partial charge in [0.05, 0.1) is 13.0 Å². The molecule has 0 amide bonds. The Morgan fingerprint density at radius 2 is 2.30 bits per heavy atom. The van der Waals surface area contributed by atoms with Gasteiger partial charge in [-0.15, -0.1) is 11.3 Å². The van der Waals surface area contributed by atoms with Crippen molar-refractivity contribution in [3.63, 3.8) is 0 Å². The third kappa shape index (κ3) is 3.30. The van der Waals surface area contributed by atoms with E-state index in [2.05, 4.69) is 27.6 Å². The van der Waals surface area contributed by atoms with Crippen molar-refractivity contribution in [2.45, 2.75) is 13.3 Å². The number of thiazole rings is 1. The quantitative estimate of drug-likeness (QED) is 0.346. The summed E-state index contributed by atoms with van der Waals surface area (Å²) < 4.78 is 7.77. The average molecular weight is 440 g/mol. The molecule has 5 nitrogen and oxygen atoms in total. The third-order valence-corrected chi connectivity index (χ3v) is 4.90. The van der Waals surface area contributed by atoms with E-state index in [0.717, 1.165) is 20.3 Å². The molecule has 3 aromatic rings. The summed E-state index contributed by atoms with van der Waals surface area (Å²) in [5.74, 6) is -0.275. The second-order valence-electron chi connectivity index (χ2n) is 4.81. The molecule has 0 atom stereocenters. The molecule has 7 heteroatoms. The molecule has 23 heavy (non-hydrogen) atoms. The molecule has 0 radical (unpaired) electrons. The molecule has 2 aromatic heterocycles. The first-order valence-corrected chi connectivity index (χ1v) is 8.89. The minimum absolute atomic E-state index is 0.193. The number of halogens is 1. The van der Waals surface area contributed by atoms with Crippen molar-refractivity contribution in [2.24, 2.45) is 0 Å². The Hall–Kier alpha value is -1.74. The van der Waals surface area contributed by atoms with Gasteiger partial charge in [0, 0.05) is 20.2 Å². The van der Waals surface area contributed by atoms with Crippen molar-refractivity contribution in [3.8, 4) is 11.3 Å². The molecule has 0 N–H and O–H groups in total. The maximum atomic E-state index is 11.6. The lowest BCUT2D eigenvalue weighted by atomic mass is 10.1. The van der Waals surface area contributed by atoms with Crippen LogP contribution < -0.4 is 0 Å². The molecule has 0 aliphatic heterocycles. The van der Waals surface area contributed by atoms with E-state index in [1.54, 1.807) is 17.5 Å². The molecule has 2 heterocycles. The summed E-state index contributed by atoms with van der Waals surface area (Å²) in [7, 11) is 0. The summed E-state index contributed by atoms with van der Waals surface area (Å²) >= 11 is 3.62. The maximum absolute atomic E-state index is 11.6. The summed E-state index contributed by atoms with van der Waals surface area (Å²) in [5, 5.41) is 0. The van der Waals surface area contributed by atoms with E-state index >= 15 is 0 Å². The van der Waals surface area contributed by atoms with Crippen molar-refractivity contribution in [3.05, 3.63) is 44.6 Å². The predicted molar refractivity (Wildman–Crippen MR) is 96.9 cm³/mol. The second-order valence-corrected chi connectivity index (χ2v) is 7.14. The van der Waals surface area contributed by atoms with Gasteiger partial charge in [0.15, 0.2) is 11.2 Å². The SMILES string of the molecule is CCOC(=O)Cc1cn2c(C=O)c(-c3cccc(I)c3)nc2s1. The molecule has 0 bridgehead atoms. The molecule has 0 fully saturated rings. The van der Waals surface area contributed by atoms with Crippen LogP contribution in [0.4, 0.5) is 0 Å². The number of benzene rings is 1. The van der Waals surface area contributed by atoms with Gasteiger partial charge in [-0.05, 0) is 41.6 Å². The molecule has 0 aliphatic carbocycles. The Labute approximate surface area is 150 Å². The van der Waals surface area contributed by atoms with E-state index in [-0.39, 0.29) is 12.4 Å². The Balaban J connectivity index is 2.01. The number of aldehydes is 1. The smallest absolute Gasteiger partial charge is 0.311 e. The first-order valence-electron chi connectivity index (χ1n) is 7.00. The topological polar surface area (TPSA) is 60.7 Å². The van der Waals surface area contributed by atoms with Crippen molar-refractivity contribution < 1.29 is 14.3 Å². The minimum Gasteiger partial charge on any atom is -0.466 e. The van der Waals surface area contributed by atoms with Gasteiger partial charge in [0.2, 0.25) is 0 Å². The van der Waals surface area contributed by atoms with Crippen molar-refractivity contribution in [1.82, 2.24) is 9.38 Å². The number of carbonyl (C=O) groups is 2. The number of fused-ring (bicyclic) bond motifs is 1. The number of hydrogen-bond acceptors (Lipinski definition) is 5. The van der Waals surface area contributed by atoms with E-state index in [0.29, 0.717) is 23.0 Å². The van der Waals surface area contributed by atoms with Crippen LogP contribution in [0.15, 0.2) is 30.5 Å². The van der Waals surface area contributed by atoms with Crippen LogP contribution >= 0.6 is 33.9 Å². The fraction of sp³-hybridized carbons (Fsp3) is 0.188. The second kappa shape index (κ2) is 6.79. The molecular formula is C16H13IN2O3S. The number of ether oxygens (including phenoxy) is 1. The zero-order valence-electron chi connectivity index (χ0n) is 12.3. The van der Waals surface area contributed by atoms with Gasteiger partial charge >= 0.3 is 5.97 Å². The summed E-state index contributed by atoms with van der Waals surface area (Å²) in [6.07, 6.45) is 2.78. The highest BCUT2D eigenvalue weighted by Gasteiger charge is 2.17. The van der Waals surface area contributed by atoms with E-state index in [9.17, 15) is 9.59 Å². The number of esters is 1. The minimum atomic E-state index is -0.275. The van der Waals surface area contributed by atoms with Gasteiger partial charge in [0.1, 0.15) is 11.4 Å². The molecular weight excluding hydrogens is 427 g/mol. The third-order valence-electron chi connectivity index (χ3n) is 3.24. The molecule has 3 rings (SSSR count). The molecule has 0 unspecified atom stereocenters. The first-order chi connectivity index (χ1) is 11.1. The number of hydrogen-bond donors (Lipinski definition) is 0. The molecule has 0 aliphatic rings. The normalized spacial score (nSPS) is 10.9. The summed E-state index contributed by atoms with van der Waals surface area (Å²) in [5.41, 5.74) is 2.06. The maximum Gasteiger partial charge on any atom is 0.311 e. The molecule has 0 spiro atoms. The predicted octanol–water partition coefficient (Wildman–Crippen LogP) is 3.59. The molecule has 0 saturated heterocycles. The Bertz CT molecular complexity index is 885. The molecule has 118 valence electrons. The number of rotatable bonds is 5. The zero-order chi connectivity index (χ0) is 16.4. The fourth-order valence-electron chi connectivity index (χ4n) is 2.31. The van der Waals surface area contributed by atoms with Crippen LogP contribution in [-0.2, 0) is 16.0 Å². The van der Waals surface area contributed by atoms with Crippen LogP contribution in [0, 0.1) is 3.57 Å². The average Bonchev–Trinajstić information content (AvgIpc) is 3.04. The summed E-state index contributed by atoms with van der Waals surface area (Å²) in [4.78, 5) is 29.2. The lowest BCUT2D eigenvalue weighted by molar-refractivity contribution is -0.142. The van der Waals surface area contributed by atoms with Gasteiger partial charge < -0.3 is 4.74 Å². The first kappa shape index (κ1) is 16.1. The lowest BCUT2D eigenvalue weighted by Crippen LogP contribution is -2.06. The highest BCUT2D eigenvalue weighted by atomic mass is 127. The van der Waals surface area contributed by atoms with Gasteiger partial charge in [-0.2, -0.15) is 0 Å². The number of imidazole rings is 1. The standard InChI is InChI=1S/C16H13IN2O3S/c1-2-22-14(21)7-12-8-19-13(9-20)15(18-16(19)23-12)10-4-3-5-11(17)6-10/h3-6,8-9H,2,7H2,1H3. The Kier molecular flexibility index (Phi) is 4.76. The van der Waals surface area contributed by atoms with Crippen molar-refractivity contribution in [1.29, 1.82) is 0 Å². The highest BCUT2D eigenvalue weighted by Crippen LogP contribution is 2.28. The largest absolute Gasteiger partial charge is 0.466 e. The van der Waals surface area contributed by atoms with E-state index in [1.165, 1.54) is 11.3 Å². The summed E-state index contributed by atoms with van der Waals surface area (Å²) in [6, 6.07) is 7.84. The van der Waals surface area contributed by atoms with Crippen LogP contribution in [0.25, 0.3) is 16.2 Å².